The second-order valence-electron chi connectivity index (χ2n) is 5.58. The average Bonchev–Trinajstić information content (AvgIpc) is 2.83. The summed E-state index contributed by atoms with van der Waals surface area (Å²) >= 11 is 0. The van der Waals surface area contributed by atoms with Crippen LogP contribution in [0.1, 0.15) is 28.3 Å². The van der Waals surface area contributed by atoms with E-state index in [9.17, 15) is 0 Å². The van der Waals surface area contributed by atoms with Gasteiger partial charge < -0.3 is 10.3 Å². The highest BCUT2D eigenvalue weighted by molar-refractivity contribution is 5.79. The first-order valence-electron chi connectivity index (χ1n) is 7.14. The van der Waals surface area contributed by atoms with Crippen molar-refractivity contribution in [2.24, 2.45) is 0 Å². The summed E-state index contributed by atoms with van der Waals surface area (Å²) in [7, 11) is 0. The van der Waals surface area contributed by atoms with Crippen LogP contribution in [0.4, 0.5) is 5.88 Å². The molecule has 0 spiro atoms. The summed E-state index contributed by atoms with van der Waals surface area (Å²) in [5.74, 6) is 0.695. The predicted octanol–water partition coefficient (Wildman–Crippen LogP) is 3.92. The van der Waals surface area contributed by atoms with E-state index in [1.54, 1.807) is 0 Å². The minimum Gasteiger partial charge on any atom is -0.367 e. The molecule has 3 nitrogen and oxygen atoms in total. The lowest BCUT2D eigenvalue weighted by Gasteiger charge is -2.29. The number of fused-ring (bicyclic) bond motifs is 1. The van der Waals surface area contributed by atoms with Crippen LogP contribution in [0.2, 0.25) is 0 Å². The minimum atomic E-state index is 0.289. The molecule has 4 rings (SSSR count). The lowest BCUT2D eigenvalue weighted by Crippen LogP contribution is -2.19. The van der Waals surface area contributed by atoms with Crippen LogP contribution in [0.5, 0.6) is 0 Å². The van der Waals surface area contributed by atoms with Gasteiger partial charge in [-0.1, -0.05) is 53.7 Å². The summed E-state index contributed by atoms with van der Waals surface area (Å²) in [6, 6.07) is 16.7. The molecule has 0 aliphatic heterocycles. The van der Waals surface area contributed by atoms with E-state index < -0.39 is 0 Å². The molecular formula is C18H16N2O. The lowest BCUT2D eigenvalue weighted by molar-refractivity contribution is 0.420. The number of anilines is 1. The van der Waals surface area contributed by atoms with Crippen LogP contribution >= 0.6 is 0 Å². The highest BCUT2D eigenvalue weighted by Gasteiger charge is 2.33. The van der Waals surface area contributed by atoms with Crippen LogP contribution in [0.25, 0.3) is 11.1 Å². The van der Waals surface area contributed by atoms with E-state index in [0.717, 1.165) is 23.2 Å². The topological polar surface area (TPSA) is 52.0 Å². The van der Waals surface area contributed by atoms with Gasteiger partial charge in [0.1, 0.15) is 5.69 Å². The molecule has 0 fully saturated rings. The first kappa shape index (κ1) is 12.2. The molecule has 2 N–H and O–H groups in total. The second-order valence-corrected chi connectivity index (χ2v) is 5.58. The van der Waals surface area contributed by atoms with Crippen LogP contribution in [-0.4, -0.2) is 5.16 Å². The van der Waals surface area contributed by atoms with Crippen molar-refractivity contribution in [2.75, 3.05) is 5.73 Å². The molecular weight excluding hydrogens is 260 g/mol. The molecule has 0 saturated heterocycles. The van der Waals surface area contributed by atoms with Gasteiger partial charge >= 0.3 is 0 Å². The molecule has 1 aliphatic rings. The highest BCUT2D eigenvalue weighted by atomic mass is 16.5. The van der Waals surface area contributed by atoms with Crippen LogP contribution in [0, 0.1) is 6.92 Å². The fourth-order valence-electron chi connectivity index (χ4n) is 3.18. The zero-order valence-electron chi connectivity index (χ0n) is 11.8. The number of hydrogen-bond donors (Lipinski definition) is 1. The molecule has 0 amide bonds. The molecule has 0 bridgehead atoms. The van der Waals surface area contributed by atoms with E-state index in [1.807, 2.05) is 12.1 Å². The van der Waals surface area contributed by atoms with Crippen LogP contribution in [0.15, 0.2) is 53.1 Å². The number of hydrogen-bond acceptors (Lipinski definition) is 3. The molecule has 2 aromatic carbocycles. The number of aryl methyl sites for hydroxylation is 1. The van der Waals surface area contributed by atoms with E-state index in [2.05, 4.69) is 48.5 Å². The van der Waals surface area contributed by atoms with Gasteiger partial charge in [-0.05, 0) is 35.6 Å². The third-order valence-corrected chi connectivity index (χ3v) is 4.34. The number of rotatable bonds is 2. The minimum absolute atomic E-state index is 0.289. The van der Waals surface area contributed by atoms with Crippen molar-refractivity contribution < 1.29 is 4.52 Å². The van der Waals surface area contributed by atoms with Crippen molar-refractivity contribution in [3.05, 3.63) is 70.9 Å². The summed E-state index contributed by atoms with van der Waals surface area (Å²) in [6.45, 7) is 2.08. The molecule has 1 atom stereocenters. The Balaban J connectivity index is 1.85. The molecule has 104 valence electrons. The Labute approximate surface area is 123 Å². The van der Waals surface area contributed by atoms with Gasteiger partial charge in [0.2, 0.25) is 5.88 Å². The van der Waals surface area contributed by atoms with E-state index in [1.165, 1.54) is 16.7 Å². The monoisotopic (exact) mass is 276 g/mol. The van der Waals surface area contributed by atoms with Gasteiger partial charge in [0, 0.05) is 5.92 Å². The number of nitrogens with zero attached hydrogens (tertiary/aromatic N) is 1. The van der Waals surface area contributed by atoms with Gasteiger partial charge in [-0.15, -0.1) is 0 Å². The Morgan fingerprint density at radius 2 is 1.86 bits per heavy atom. The molecule has 1 heterocycles. The number of nitrogens with two attached hydrogens (primary N) is 1. The van der Waals surface area contributed by atoms with E-state index in [0.29, 0.717) is 5.88 Å². The van der Waals surface area contributed by atoms with Gasteiger partial charge in [0.25, 0.3) is 0 Å². The maximum absolute atomic E-state index is 6.05. The van der Waals surface area contributed by atoms with Gasteiger partial charge in [0.05, 0.1) is 5.56 Å². The molecule has 1 aliphatic carbocycles. The van der Waals surface area contributed by atoms with Crippen LogP contribution in [-0.2, 0) is 6.42 Å². The van der Waals surface area contributed by atoms with Gasteiger partial charge in [-0.2, -0.15) is 0 Å². The van der Waals surface area contributed by atoms with Crippen LogP contribution < -0.4 is 5.73 Å². The van der Waals surface area contributed by atoms with Crippen molar-refractivity contribution in [1.82, 2.24) is 5.16 Å². The van der Waals surface area contributed by atoms with Crippen molar-refractivity contribution in [2.45, 2.75) is 19.3 Å². The van der Waals surface area contributed by atoms with Crippen LogP contribution in [0.3, 0.4) is 0 Å². The second kappa shape index (κ2) is 4.48. The summed E-state index contributed by atoms with van der Waals surface area (Å²) in [4.78, 5) is 0. The van der Waals surface area contributed by atoms with E-state index in [4.69, 9.17) is 10.3 Å². The Hall–Kier alpha value is -2.55. The zero-order valence-corrected chi connectivity index (χ0v) is 11.8. The van der Waals surface area contributed by atoms with Crippen molar-refractivity contribution in [1.29, 1.82) is 0 Å². The summed E-state index contributed by atoms with van der Waals surface area (Å²) in [5, 5.41) is 4.25. The number of nitrogen functional groups attached to an aromatic ring is 1. The highest BCUT2D eigenvalue weighted by Crippen LogP contribution is 2.45. The van der Waals surface area contributed by atoms with Crippen molar-refractivity contribution in [3.8, 4) is 11.1 Å². The maximum Gasteiger partial charge on any atom is 0.230 e. The van der Waals surface area contributed by atoms with Gasteiger partial charge in [-0.3, -0.25) is 0 Å². The lowest BCUT2D eigenvalue weighted by atomic mass is 9.74. The van der Waals surface area contributed by atoms with E-state index in [-0.39, 0.29) is 5.92 Å². The SMILES string of the molecule is Cc1ccccc1-c1c(C2Cc3ccccc32)noc1N. The average molecular weight is 276 g/mol. The fourth-order valence-corrected chi connectivity index (χ4v) is 3.18. The molecule has 21 heavy (non-hydrogen) atoms. The molecule has 0 radical (unpaired) electrons. The first-order valence-corrected chi connectivity index (χ1v) is 7.14. The molecule has 0 saturated carbocycles. The Morgan fingerprint density at radius 3 is 2.67 bits per heavy atom. The van der Waals surface area contributed by atoms with Crippen molar-refractivity contribution >= 4 is 5.88 Å². The standard InChI is InChI=1S/C18H16N2O/c1-11-6-2-4-8-13(11)16-17(20-21-18(16)19)15-10-12-7-3-5-9-14(12)15/h2-9,15H,10,19H2,1H3. The largest absolute Gasteiger partial charge is 0.367 e. The molecule has 3 heteroatoms. The van der Waals surface area contributed by atoms with Crippen molar-refractivity contribution in [3.63, 3.8) is 0 Å². The van der Waals surface area contributed by atoms with Gasteiger partial charge in [0.15, 0.2) is 0 Å². The van der Waals surface area contributed by atoms with E-state index >= 15 is 0 Å². The summed E-state index contributed by atoms with van der Waals surface area (Å²) in [5.41, 5.74) is 13.0. The predicted molar refractivity (Wildman–Crippen MR) is 83.1 cm³/mol. The third-order valence-electron chi connectivity index (χ3n) is 4.34. The Morgan fingerprint density at radius 1 is 1.10 bits per heavy atom. The normalized spacial score (nSPS) is 16.3. The van der Waals surface area contributed by atoms with Gasteiger partial charge in [-0.25, -0.2) is 0 Å². The molecule has 1 unspecified atom stereocenters. The number of aromatic nitrogens is 1. The third kappa shape index (κ3) is 1.77. The maximum atomic E-state index is 6.05. The fraction of sp³-hybridized carbons (Fsp3) is 0.167. The zero-order chi connectivity index (χ0) is 14.4. The number of benzene rings is 2. The quantitative estimate of drug-likeness (QED) is 0.771. The molecule has 3 aromatic rings. The summed E-state index contributed by atoms with van der Waals surface area (Å²) < 4.78 is 5.30. The molecule has 1 aromatic heterocycles. The Bertz CT molecular complexity index is 820. The summed E-state index contributed by atoms with van der Waals surface area (Å²) in [6.07, 6.45) is 1.00. The first-order chi connectivity index (χ1) is 10.3. The smallest absolute Gasteiger partial charge is 0.230 e. The Kier molecular flexibility index (Phi) is 2.61.